The van der Waals surface area contributed by atoms with E-state index in [0.29, 0.717) is 13.2 Å². The maximum absolute atomic E-state index is 6.08. The summed E-state index contributed by atoms with van der Waals surface area (Å²) < 4.78 is 12.9. The number of benzene rings is 2. The lowest BCUT2D eigenvalue weighted by Gasteiger charge is -2.16. The van der Waals surface area contributed by atoms with Crippen LogP contribution in [0.5, 0.6) is 11.5 Å². The Labute approximate surface area is 173 Å². The van der Waals surface area contributed by atoms with Crippen LogP contribution in [0.3, 0.4) is 0 Å². The number of ether oxygens (including phenoxy) is 2. The molecule has 0 saturated heterocycles. The molecule has 0 amide bonds. The predicted octanol–water partition coefficient (Wildman–Crippen LogP) is 6.09. The lowest BCUT2D eigenvalue weighted by molar-refractivity contribution is 0.268. The lowest BCUT2D eigenvalue weighted by Crippen LogP contribution is -2.12. The minimum atomic E-state index is 0.523. The van der Waals surface area contributed by atoms with Crippen molar-refractivity contribution in [3.05, 3.63) is 80.0 Å². The largest absolute Gasteiger partial charge is 0.490 e. The van der Waals surface area contributed by atoms with Crippen molar-refractivity contribution in [2.45, 2.75) is 33.5 Å². The number of rotatable bonds is 9. The minimum absolute atomic E-state index is 0.523. The van der Waals surface area contributed by atoms with Crippen LogP contribution < -0.4 is 14.8 Å². The van der Waals surface area contributed by atoms with E-state index in [2.05, 4.69) is 63.9 Å². The molecule has 0 bridgehead atoms. The Morgan fingerprint density at radius 2 is 1.78 bits per heavy atom. The molecule has 2 aromatic carbocycles. The van der Waals surface area contributed by atoms with Crippen molar-refractivity contribution < 1.29 is 9.47 Å². The van der Waals surface area contributed by atoms with Gasteiger partial charge in [0.15, 0.2) is 11.5 Å². The molecule has 5 heteroatoms. The summed E-state index contributed by atoms with van der Waals surface area (Å²) in [5.41, 5.74) is 3.56. The molecule has 0 spiro atoms. The highest BCUT2D eigenvalue weighted by molar-refractivity contribution is 9.10. The average Bonchev–Trinajstić information content (AvgIpc) is 3.17. The molecule has 0 saturated carbocycles. The van der Waals surface area contributed by atoms with E-state index >= 15 is 0 Å². The van der Waals surface area contributed by atoms with E-state index < -0.39 is 0 Å². The summed E-state index contributed by atoms with van der Waals surface area (Å²) in [6.45, 7) is 6.83. The van der Waals surface area contributed by atoms with Gasteiger partial charge in [-0.2, -0.15) is 0 Å². The summed E-state index contributed by atoms with van der Waals surface area (Å²) in [6.07, 6.45) is 0. The molecular weight excluding hydrogens is 422 g/mol. The first-order valence-corrected chi connectivity index (χ1v) is 10.7. The quantitative estimate of drug-likeness (QED) is 0.432. The van der Waals surface area contributed by atoms with Gasteiger partial charge in [-0.15, -0.1) is 11.3 Å². The highest BCUT2D eigenvalue weighted by atomic mass is 79.9. The standard InChI is InChI=1S/C22H24BrNO2S/c1-3-25-21-11-18(13-24-14-19-9-6-10-27-19)20(23)12-22(21)26-15-17-8-5-4-7-16(17)2/h4-12,24H,3,13-15H2,1-2H3. The van der Waals surface area contributed by atoms with Gasteiger partial charge in [0.2, 0.25) is 0 Å². The first-order valence-electron chi connectivity index (χ1n) is 9.03. The zero-order chi connectivity index (χ0) is 19.1. The topological polar surface area (TPSA) is 30.5 Å². The molecule has 0 atom stereocenters. The van der Waals surface area contributed by atoms with Crippen LogP contribution in [0, 0.1) is 6.92 Å². The Hall–Kier alpha value is -1.82. The van der Waals surface area contributed by atoms with Crippen LogP contribution in [-0.2, 0) is 19.7 Å². The fourth-order valence-corrected chi connectivity index (χ4v) is 3.89. The average molecular weight is 446 g/mol. The Balaban J connectivity index is 1.70. The van der Waals surface area contributed by atoms with Crippen LogP contribution >= 0.6 is 27.3 Å². The smallest absolute Gasteiger partial charge is 0.162 e. The molecule has 0 aliphatic carbocycles. The fourth-order valence-electron chi connectivity index (χ4n) is 2.75. The van der Waals surface area contributed by atoms with Crippen molar-refractivity contribution in [1.29, 1.82) is 0 Å². The van der Waals surface area contributed by atoms with Crippen LogP contribution in [-0.4, -0.2) is 6.61 Å². The number of halogens is 1. The number of nitrogens with one attached hydrogen (secondary N) is 1. The van der Waals surface area contributed by atoms with E-state index in [4.69, 9.17) is 9.47 Å². The molecule has 3 aromatic rings. The molecule has 27 heavy (non-hydrogen) atoms. The molecule has 0 fully saturated rings. The second-order valence-electron chi connectivity index (χ2n) is 6.22. The van der Waals surface area contributed by atoms with Crippen molar-refractivity contribution in [2.24, 2.45) is 0 Å². The van der Waals surface area contributed by atoms with E-state index in [0.717, 1.165) is 34.6 Å². The van der Waals surface area contributed by atoms with Gasteiger partial charge in [0.25, 0.3) is 0 Å². The Morgan fingerprint density at radius 1 is 0.963 bits per heavy atom. The Morgan fingerprint density at radius 3 is 2.52 bits per heavy atom. The molecule has 1 N–H and O–H groups in total. The summed E-state index contributed by atoms with van der Waals surface area (Å²) >= 11 is 5.44. The fraction of sp³-hybridized carbons (Fsp3) is 0.273. The highest BCUT2D eigenvalue weighted by Crippen LogP contribution is 2.34. The van der Waals surface area contributed by atoms with Gasteiger partial charge in [0, 0.05) is 22.4 Å². The van der Waals surface area contributed by atoms with Crippen LogP contribution in [0.2, 0.25) is 0 Å². The van der Waals surface area contributed by atoms with Crippen molar-refractivity contribution in [3.8, 4) is 11.5 Å². The molecule has 142 valence electrons. The van der Waals surface area contributed by atoms with Gasteiger partial charge in [-0.25, -0.2) is 0 Å². The number of thiophene rings is 1. The molecule has 1 aromatic heterocycles. The molecule has 0 aliphatic heterocycles. The molecule has 3 rings (SSSR count). The van der Waals surface area contributed by atoms with Crippen LogP contribution in [0.25, 0.3) is 0 Å². The number of hydrogen-bond donors (Lipinski definition) is 1. The third kappa shape index (κ3) is 5.58. The normalized spacial score (nSPS) is 10.8. The van der Waals surface area contributed by atoms with E-state index in [1.807, 2.05) is 25.1 Å². The van der Waals surface area contributed by atoms with Crippen molar-refractivity contribution in [3.63, 3.8) is 0 Å². The maximum atomic E-state index is 6.08. The maximum Gasteiger partial charge on any atom is 0.162 e. The van der Waals surface area contributed by atoms with Crippen LogP contribution in [0.4, 0.5) is 0 Å². The van der Waals surface area contributed by atoms with Crippen molar-refractivity contribution in [1.82, 2.24) is 5.32 Å². The second kappa shape index (κ2) is 9.93. The number of aryl methyl sites for hydroxylation is 1. The molecule has 0 unspecified atom stereocenters. The molecular formula is C22H24BrNO2S. The van der Waals surface area contributed by atoms with Gasteiger partial charge in [-0.05, 0) is 54.1 Å². The van der Waals surface area contributed by atoms with Gasteiger partial charge in [0.1, 0.15) is 6.61 Å². The second-order valence-corrected chi connectivity index (χ2v) is 8.11. The van der Waals surface area contributed by atoms with E-state index in [-0.39, 0.29) is 0 Å². The van der Waals surface area contributed by atoms with Gasteiger partial charge in [0.05, 0.1) is 6.61 Å². The van der Waals surface area contributed by atoms with E-state index in [1.54, 1.807) is 11.3 Å². The monoisotopic (exact) mass is 445 g/mol. The number of hydrogen-bond acceptors (Lipinski definition) is 4. The van der Waals surface area contributed by atoms with E-state index in [1.165, 1.54) is 16.0 Å². The highest BCUT2D eigenvalue weighted by Gasteiger charge is 2.12. The van der Waals surface area contributed by atoms with Gasteiger partial charge in [-0.1, -0.05) is 46.3 Å². The van der Waals surface area contributed by atoms with Gasteiger partial charge in [-0.3, -0.25) is 0 Å². The Kier molecular flexibility index (Phi) is 7.33. The third-order valence-corrected chi connectivity index (χ3v) is 5.87. The zero-order valence-corrected chi connectivity index (χ0v) is 18.0. The SMILES string of the molecule is CCOc1cc(CNCc2cccs2)c(Br)cc1OCc1ccccc1C. The summed E-state index contributed by atoms with van der Waals surface area (Å²) in [6, 6.07) is 16.5. The third-order valence-electron chi connectivity index (χ3n) is 4.25. The first-order chi connectivity index (χ1) is 13.2. The minimum Gasteiger partial charge on any atom is -0.490 e. The summed E-state index contributed by atoms with van der Waals surface area (Å²) in [4.78, 5) is 1.33. The van der Waals surface area contributed by atoms with Crippen LogP contribution in [0.15, 0.2) is 58.4 Å². The van der Waals surface area contributed by atoms with E-state index in [9.17, 15) is 0 Å². The summed E-state index contributed by atoms with van der Waals surface area (Å²) in [7, 11) is 0. The Bertz CT molecular complexity index is 865. The summed E-state index contributed by atoms with van der Waals surface area (Å²) in [5, 5.41) is 5.58. The first kappa shape index (κ1) is 19.9. The predicted molar refractivity (Wildman–Crippen MR) is 116 cm³/mol. The molecule has 3 nitrogen and oxygen atoms in total. The zero-order valence-electron chi connectivity index (χ0n) is 15.6. The van der Waals surface area contributed by atoms with Crippen molar-refractivity contribution in [2.75, 3.05) is 6.61 Å². The van der Waals surface area contributed by atoms with Gasteiger partial charge < -0.3 is 14.8 Å². The van der Waals surface area contributed by atoms with Crippen LogP contribution in [0.1, 0.15) is 28.5 Å². The lowest BCUT2D eigenvalue weighted by atomic mass is 10.1. The summed E-state index contributed by atoms with van der Waals surface area (Å²) in [5.74, 6) is 1.54. The van der Waals surface area contributed by atoms with Crippen molar-refractivity contribution >= 4 is 27.3 Å². The molecule has 0 aliphatic rings. The molecule has 1 heterocycles. The van der Waals surface area contributed by atoms with Gasteiger partial charge >= 0.3 is 0 Å². The molecule has 0 radical (unpaired) electrons.